The molecule has 5 nitrogen and oxygen atoms in total. The van der Waals surface area contributed by atoms with Gasteiger partial charge in [0.05, 0.1) is 6.67 Å². The molecule has 2 aromatic rings. The summed E-state index contributed by atoms with van der Waals surface area (Å²) in [5, 5.41) is 7.00. The molecule has 4 rings (SSSR count). The van der Waals surface area contributed by atoms with Crippen LogP contribution in [0.25, 0.3) is 0 Å². The first-order chi connectivity index (χ1) is 12.2. The Balaban J connectivity index is 1.37. The second-order valence-corrected chi connectivity index (χ2v) is 8.33. The van der Waals surface area contributed by atoms with Crippen LogP contribution in [0.15, 0.2) is 30.2 Å². The van der Waals surface area contributed by atoms with Crippen LogP contribution in [0.2, 0.25) is 0 Å². The summed E-state index contributed by atoms with van der Waals surface area (Å²) in [6, 6.07) is 4.36. The molecule has 2 aromatic heterocycles. The molecule has 134 valence electrons. The van der Waals surface area contributed by atoms with Crippen LogP contribution >= 0.6 is 23.6 Å². The maximum Gasteiger partial charge on any atom is 0.199 e. The van der Waals surface area contributed by atoms with E-state index in [1.165, 1.54) is 17.7 Å². The van der Waals surface area contributed by atoms with Gasteiger partial charge in [-0.15, -0.1) is 17.9 Å². The lowest BCUT2D eigenvalue weighted by Gasteiger charge is -2.34. The Bertz CT molecular complexity index is 764. The number of rotatable bonds is 7. The molecule has 25 heavy (non-hydrogen) atoms. The van der Waals surface area contributed by atoms with E-state index in [2.05, 4.69) is 38.5 Å². The van der Waals surface area contributed by atoms with Crippen LogP contribution in [-0.2, 0) is 19.8 Å². The summed E-state index contributed by atoms with van der Waals surface area (Å²) < 4.78 is 5.01. The third-order valence-corrected chi connectivity index (χ3v) is 6.26. The molecular weight excluding hydrogens is 350 g/mol. The summed E-state index contributed by atoms with van der Waals surface area (Å²) in [5.41, 5.74) is 0. The van der Waals surface area contributed by atoms with Crippen LogP contribution in [0.5, 0.6) is 0 Å². The van der Waals surface area contributed by atoms with E-state index in [1.54, 1.807) is 0 Å². The van der Waals surface area contributed by atoms with Gasteiger partial charge in [-0.05, 0) is 36.5 Å². The average Bonchev–Trinajstić information content (AvgIpc) is 3.26. The van der Waals surface area contributed by atoms with Crippen LogP contribution < -0.4 is 0 Å². The highest BCUT2D eigenvalue weighted by Crippen LogP contribution is 2.39. The predicted octanol–water partition coefficient (Wildman–Crippen LogP) is 3.31. The van der Waals surface area contributed by atoms with E-state index in [-0.39, 0.29) is 0 Å². The van der Waals surface area contributed by atoms with Gasteiger partial charge in [-0.3, -0.25) is 14.4 Å². The minimum Gasteiger partial charge on any atom is -0.300 e. The van der Waals surface area contributed by atoms with E-state index in [1.807, 2.05) is 22.1 Å². The maximum atomic E-state index is 5.67. The van der Waals surface area contributed by atoms with Crippen molar-refractivity contribution in [2.24, 2.45) is 0 Å². The fourth-order valence-corrected chi connectivity index (χ4v) is 4.41. The van der Waals surface area contributed by atoms with Gasteiger partial charge in [0.1, 0.15) is 5.82 Å². The maximum absolute atomic E-state index is 5.67. The minimum atomic E-state index is 0.602. The second kappa shape index (κ2) is 7.53. The van der Waals surface area contributed by atoms with Gasteiger partial charge in [0, 0.05) is 50.1 Å². The number of aromatic nitrogens is 3. The molecule has 0 unspecified atom stereocenters. The molecule has 0 atom stereocenters. The first-order valence-electron chi connectivity index (χ1n) is 9.00. The number of piperazine rings is 1. The van der Waals surface area contributed by atoms with Crippen LogP contribution in [0.3, 0.4) is 0 Å². The summed E-state index contributed by atoms with van der Waals surface area (Å²) >= 11 is 7.52. The molecule has 7 heteroatoms. The third-order valence-electron chi connectivity index (χ3n) is 4.96. The van der Waals surface area contributed by atoms with Gasteiger partial charge >= 0.3 is 0 Å². The summed E-state index contributed by atoms with van der Waals surface area (Å²) in [6.07, 6.45) is 4.39. The highest BCUT2D eigenvalue weighted by atomic mass is 32.1. The fraction of sp³-hybridized carbons (Fsp3) is 0.556. The standard InChI is InChI=1S/C18H25N5S2/c1-2-7-22-17(15-5-6-15)19-23(18(22)24)14-21-10-8-20(9-11-21)13-16-4-3-12-25-16/h2-4,12,15H,1,5-11,13-14H2. The monoisotopic (exact) mass is 375 g/mol. The van der Waals surface area contributed by atoms with Gasteiger partial charge < -0.3 is 0 Å². The zero-order valence-corrected chi connectivity index (χ0v) is 16.1. The predicted molar refractivity (Wildman–Crippen MR) is 104 cm³/mol. The van der Waals surface area contributed by atoms with E-state index < -0.39 is 0 Å². The Morgan fingerprint density at radius 2 is 2.00 bits per heavy atom. The molecule has 1 aliphatic heterocycles. The Morgan fingerprint density at radius 1 is 1.24 bits per heavy atom. The number of nitrogens with zero attached hydrogens (tertiary/aromatic N) is 5. The number of hydrogen-bond donors (Lipinski definition) is 0. The van der Waals surface area contributed by atoms with E-state index in [4.69, 9.17) is 17.3 Å². The summed E-state index contributed by atoms with van der Waals surface area (Å²) in [7, 11) is 0. The second-order valence-electron chi connectivity index (χ2n) is 6.93. The first-order valence-corrected chi connectivity index (χ1v) is 10.3. The van der Waals surface area contributed by atoms with Crippen molar-refractivity contribution in [1.29, 1.82) is 0 Å². The molecule has 0 N–H and O–H groups in total. The Hall–Kier alpha value is -1.28. The lowest BCUT2D eigenvalue weighted by atomic mass is 10.3. The smallest absolute Gasteiger partial charge is 0.199 e. The number of allylic oxidation sites excluding steroid dienone is 1. The van der Waals surface area contributed by atoms with Crippen LogP contribution in [0.4, 0.5) is 0 Å². The van der Waals surface area contributed by atoms with Gasteiger partial charge in [-0.1, -0.05) is 12.1 Å². The van der Waals surface area contributed by atoms with Crippen molar-refractivity contribution in [3.05, 3.63) is 45.6 Å². The third kappa shape index (κ3) is 3.95. The molecule has 1 saturated heterocycles. The first kappa shape index (κ1) is 17.1. The normalized spacial score (nSPS) is 19.4. The van der Waals surface area contributed by atoms with Crippen molar-refractivity contribution in [2.75, 3.05) is 26.2 Å². The van der Waals surface area contributed by atoms with Gasteiger partial charge in [-0.25, -0.2) is 4.68 Å². The van der Waals surface area contributed by atoms with Gasteiger partial charge in [0.2, 0.25) is 0 Å². The van der Waals surface area contributed by atoms with E-state index in [0.717, 1.165) is 56.5 Å². The summed E-state index contributed by atoms with van der Waals surface area (Å²) in [6.45, 7) is 10.9. The summed E-state index contributed by atoms with van der Waals surface area (Å²) in [4.78, 5) is 6.45. The van der Waals surface area contributed by atoms with Crippen molar-refractivity contribution in [2.45, 2.75) is 38.5 Å². The average molecular weight is 376 g/mol. The molecule has 3 heterocycles. The number of thiophene rings is 1. The molecule has 0 aromatic carbocycles. The largest absolute Gasteiger partial charge is 0.300 e. The SMILES string of the molecule is C=CCn1c(C2CC2)nn(CN2CCN(Cc3cccs3)CC2)c1=S. The molecule has 1 saturated carbocycles. The Morgan fingerprint density at radius 3 is 2.64 bits per heavy atom. The van der Waals surface area contributed by atoms with Crippen LogP contribution in [-0.4, -0.2) is 50.3 Å². The molecule has 0 amide bonds. The Kier molecular flexibility index (Phi) is 5.17. The zero-order chi connectivity index (χ0) is 17.2. The summed E-state index contributed by atoms with van der Waals surface area (Å²) in [5.74, 6) is 1.76. The topological polar surface area (TPSA) is 29.2 Å². The van der Waals surface area contributed by atoms with E-state index in [0.29, 0.717) is 5.92 Å². The molecular formula is C18H25N5S2. The highest BCUT2D eigenvalue weighted by molar-refractivity contribution is 7.71. The molecule has 2 aliphatic rings. The van der Waals surface area contributed by atoms with Crippen molar-refractivity contribution >= 4 is 23.6 Å². The molecule has 0 bridgehead atoms. The molecule has 1 aliphatic carbocycles. The molecule has 0 spiro atoms. The molecule has 0 radical (unpaired) electrons. The van der Waals surface area contributed by atoms with Gasteiger partial charge in [0.25, 0.3) is 0 Å². The zero-order valence-electron chi connectivity index (χ0n) is 14.5. The highest BCUT2D eigenvalue weighted by Gasteiger charge is 2.30. The van der Waals surface area contributed by atoms with Crippen molar-refractivity contribution < 1.29 is 0 Å². The fourth-order valence-electron chi connectivity index (χ4n) is 3.40. The minimum absolute atomic E-state index is 0.602. The van der Waals surface area contributed by atoms with Crippen LogP contribution in [0.1, 0.15) is 29.5 Å². The van der Waals surface area contributed by atoms with E-state index >= 15 is 0 Å². The van der Waals surface area contributed by atoms with Crippen molar-refractivity contribution in [3.63, 3.8) is 0 Å². The Labute approximate surface area is 158 Å². The van der Waals surface area contributed by atoms with Crippen molar-refractivity contribution in [1.82, 2.24) is 24.1 Å². The lowest BCUT2D eigenvalue weighted by Crippen LogP contribution is -2.46. The number of hydrogen-bond acceptors (Lipinski definition) is 5. The van der Waals surface area contributed by atoms with Gasteiger partial charge in [0.15, 0.2) is 4.77 Å². The lowest BCUT2D eigenvalue weighted by molar-refractivity contribution is 0.0985. The molecule has 2 fully saturated rings. The van der Waals surface area contributed by atoms with Crippen LogP contribution in [0, 0.1) is 4.77 Å². The van der Waals surface area contributed by atoms with Gasteiger partial charge in [-0.2, -0.15) is 5.10 Å². The quantitative estimate of drug-likeness (QED) is 0.548. The van der Waals surface area contributed by atoms with Crippen molar-refractivity contribution in [3.8, 4) is 0 Å². The van der Waals surface area contributed by atoms with E-state index in [9.17, 15) is 0 Å².